The van der Waals surface area contributed by atoms with Gasteiger partial charge in [-0.25, -0.2) is 15.0 Å². The highest BCUT2D eigenvalue weighted by Gasteiger charge is 2.36. The van der Waals surface area contributed by atoms with E-state index < -0.39 is 12.0 Å². The maximum absolute atomic E-state index is 12.7. The second-order valence-electron chi connectivity index (χ2n) is 3.84. The van der Waals surface area contributed by atoms with Crippen LogP contribution in [0.25, 0.3) is 21.9 Å². The number of hydrogen-bond acceptors (Lipinski definition) is 3. The van der Waals surface area contributed by atoms with E-state index in [1.165, 1.54) is 19.4 Å². The average molecular weight is 251 g/mol. The molecule has 7 heteroatoms. The zero-order valence-corrected chi connectivity index (χ0v) is 9.15. The number of benzene rings is 1. The number of alkyl halides is 3. The van der Waals surface area contributed by atoms with Crippen molar-refractivity contribution < 1.29 is 13.2 Å². The predicted molar refractivity (Wildman–Crippen MR) is 57.6 cm³/mol. The second kappa shape index (κ2) is 3.41. The van der Waals surface area contributed by atoms with Crippen LogP contribution in [-0.4, -0.2) is 19.5 Å². The lowest BCUT2D eigenvalue weighted by molar-refractivity contribution is -0.146. The lowest BCUT2D eigenvalue weighted by atomic mass is 10.2. The van der Waals surface area contributed by atoms with Gasteiger partial charge in [0.05, 0.1) is 16.6 Å². The van der Waals surface area contributed by atoms with Crippen LogP contribution in [-0.2, 0) is 13.2 Å². The maximum Gasteiger partial charge on any atom is 0.449 e. The fourth-order valence-electron chi connectivity index (χ4n) is 1.87. The van der Waals surface area contributed by atoms with Crippen molar-refractivity contribution in [2.24, 2.45) is 7.05 Å². The molecule has 0 amide bonds. The summed E-state index contributed by atoms with van der Waals surface area (Å²) in [5.74, 6) is -0.930. The van der Waals surface area contributed by atoms with E-state index in [1.54, 1.807) is 6.07 Å². The minimum Gasteiger partial charge on any atom is -0.323 e. The molecule has 3 aromatic rings. The van der Waals surface area contributed by atoms with Crippen LogP contribution in [0.2, 0.25) is 0 Å². The Bertz CT molecular complexity index is 745. The van der Waals surface area contributed by atoms with Gasteiger partial charge < -0.3 is 4.57 Å². The topological polar surface area (TPSA) is 43.6 Å². The first-order valence-electron chi connectivity index (χ1n) is 5.03. The SMILES string of the molecule is Cn1c(C(F)(F)F)nc2cc3[c]ncnc3cc21. The molecule has 0 aliphatic heterocycles. The van der Waals surface area contributed by atoms with Gasteiger partial charge in [0.2, 0.25) is 5.82 Å². The van der Waals surface area contributed by atoms with Crippen molar-refractivity contribution >= 4 is 21.9 Å². The van der Waals surface area contributed by atoms with Crippen LogP contribution < -0.4 is 0 Å². The Labute approximate surface area is 99.1 Å². The summed E-state index contributed by atoms with van der Waals surface area (Å²) in [7, 11) is 1.33. The Morgan fingerprint density at radius 2 is 2.00 bits per heavy atom. The van der Waals surface area contributed by atoms with Crippen molar-refractivity contribution in [3.63, 3.8) is 0 Å². The Morgan fingerprint density at radius 3 is 2.72 bits per heavy atom. The first-order valence-corrected chi connectivity index (χ1v) is 5.03. The van der Waals surface area contributed by atoms with Crippen molar-refractivity contribution in [2.75, 3.05) is 0 Å². The molecular weight excluding hydrogens is 245 g/mol. The van der Waals surface area contributed by atoms with Gasteiger partial charge >= 0.3 is 6.18 Å². The molecule has 0 spiro atoms. The van der Waals surface area contributed by atoms with E-state index >= 15 is 0 Å². The fourth-order valence-corrected chi connectivity index (χ4v) is 1.87. The minimum absolute atomic E-state index is 0.253. The molecule has 0 aliphatic rings. The largest absolute Gasteiger partial charge is 0.449 e. The molecule has 0 unspecified atom stereocenters. The Hall–Kier alpha value is -2.18. The normalized spacial score (nSPS) is 12.4. The van der Waals surface area contributed by atoms with Crippen LogP contribution >= 0.6 is 0 Å². The zero-order chi connectivity index (χ0) is 12.9. The second-order valence-corrected chi connectivity index (χ2v) is 3.84. The van der Waals surface area contributed by atoms with Gasteiger partial charge in [0.15, 0.2) is 0 Å². The Balaban J connectivity index is 2.40. The van der Waals surface area contributed by atoms with E-state index in [2.05, 4.69) is 21.1 Å². The molecule has 0 bridgehead atoms. The van der Waals surface area contributed by atoms with E-state index in [0.717, 1.165) is 4.57 Å². The average Bonchev–Trinajstić information content (AvgIpc) is 2.64. The highest BCUT2D eigenvalue weighted by Crippen LogP contribution is 2.31. The monoisotopic (exact) mass is 251 g/mol. The van der Waals surface area contributed by atoms with E-state index in [1.807, 2.05) is 0 Å². The number of hydrogen-bond donors (Lipinski definition) is 0. The molecule has 1 radical (unpaired) electrons. The van der Waals surface area contributed by atoms with Crippen molar-refractivity contribution in [1.29, 1.82) is 0 Å². The van der Waals surface area contributed by atoms with E-state index in [9.17, 15) is 13.2 Å². The summed E-state index contributed by atoms with van der Waals surface area (Å²) in [5.41, 5.74) is 1.17. The summed E-state index contributed by atoms with van der Waals surface area (Å²) in [6, 6.07) is 3.05. The molecule has 1 aromatic carbocycles. The summed E-state index contributed by atoms with van der Waals surface area (Å²) in [6.45, 7) is 0. The molecule has 0 fully saturated rings. The number of fused-ring (bicyclic) bond motifs is 2. The quantitative estimate of drug-likeness (QED) is 0.616. The molecule has 0 saturated heterocycles. The van der Waals surface area contributed by atoms with Crippen LogP contribution in [0.5, 0.6) is 0 Å². The molecular formula is C11H6F3N4. The summed E-state index contributed by atoms with van der Waals surface area (Å²) >= 11 is 0. The van der Waals surface area contributed by atoms with Crippen LogP contribution in [0.4, 0.5) is 13.2 Å². The Morgan fingerprint density at radius 1 is 1.22 bits per heavy atom. The lowest BCUT2D eigenvalue weighted by Crippen LogP contribution is -2.12. The van der Waals surface area contributed by atoms with Crippen LogP contribution in [0.3, 0.4) is 0 Å². The van der Waals surface area contributed by atoms with E-state index in [0.29, 0.717) is 16.4 Å². The van der Waals surface area contributed by atoms with Gasteiger partial charge in [0.1, 0.15) is 12.5 Å². The number of nitrogens with zero attached hydrogens (tertiary/aromatic N) is 4. The minimum atomic E-state index is -4.48. The molecule has 0 N–H and O–H groups in total. The first-order chi connectivity index (χ1) is 8.47. The van der Waals surface area contributed by atoms with Crippen LogP contribution in [0.1, 0.15) is 5.82 Å². The van der Waals surface area contributed by atoms with Gasteiger partial charge in [-0.1, -0.05) is 0 Å². The van der Waals surface area contributed by atoms with Crippen molar-refractivity contribution in [3.05, 3.63) is 30.5 Å². The zero-order valence-electron chi connectivity index (χ0n) is 9.15. The molecule has 18 heavy (non-hydrogen) atoms. The van der Waals surface area contributed by atoms with Crippen molar-refractivity contribution in [2.45, 2.75) is 6.18 Å². The molecule has 0 atom stereocenters. The number of rotatable bonds is 0. The Kier molecular flexibility index (Phi) is 2.07. The summed E-state index contributed by atoms with van der Waals surface area (Å²) < 4.78 is 39.2. The predicted octanol–water partition coefficient (Wildman–Crippen LogP) is 2.34. The number of aryl methyl sites for hydroxylation is 1. The third-order valence-electron chi connectivity index (χ3n) is 2.69. The smallest absolute Gasteiger partial charge is 0.323 e. The highest BCUT2D eigenvalue weighted by molar-refractivity contribution is 5.92. The molecule has 3 rings (SSSR count). The number of aromatic nitrogens is 4. The van der Waals surface area contributed by atoms with Crippen LogP contribution in [0, 0.1) is 6.20 Å². The summed E-state index contributed by atoms with van der Waals surface area (Å²) in [5, 5.41) is 0.539. The van der Waals surface area contributed by atoms with Crippen molar-refractivity contribution in [3.8, 4) is 0 Å². The van der Waals surface area contributed by atoms with Gasteiger partial charge in [-0.3, -0.25) is 0 Å². The lowest BCUT2D eigenvalue weighted by Gasteiger charge is -2.05. The van der Waals surface area contributed by atoms with Crippen molar-refractivity contribution in [1.82, 2.24) is 19.5 Å². The van der Waals surface area contributed by atoms with Gasteiger partial charge in [0.25, 0.3) is 0 Å². The van der Waals surface area contributed by atoms with Gasteiger partial charge in [0, 0.05) is 12.4 Å². The third kappa shape index (κ3) is 1.51. The molecule has 4 nitrogen and oxygen atoms in total. The molecule has 2 aromatic heterocycles. The summed E-state index contributed by atoms with van der Waals surface area (Å²) in [4.78, 5) is 11.3. The van der Waals surface area contributed by atoms with E-state index in [4.69, 9.17) is 0 Å². The number of halogens is 3. The molecule has 91 valence electrons. The molecule has 2 heterocycles. The third-order valence-corrected chi connectivity index (χ3v) is 2.69. The standard InChI is InChI=1S/C11H6F3N4/c1-18-9-3-7-6(4-15-5-16-7)2-8(9)17-10(18)11(12,13)14/h2-3,5H,1H3. The highest BCUT2D eigenvalue weighted by atomic mass is 19.4. The fraction of sp³-hybridized carbons (Fsp3) is 0.182. The van der Waals surface area contributed by atoms with E-state index in [-0.39, 0.29) is 5.52 Å². The first kappa shape index (κ1) is 10.9. The van der Waals surface area contributed by atoms with Gasteiger partial charge in [-0.15, -0.1) is 0 Å². The summed E-state index contributed by atoms with van der Waals surface area (Å²) in [6.07, 6.45) is -0.509. The maximum atomic E-state index is 12.7. The van der Waals surface area contributed by atoms with Crippen LogP contribution in [0.15, 0.2) is 18.5 Å². The number of imidazole rings is 1. The van der Waals surface area contributed by atoms with Gasteiger partial charge in [-0.05, 0) is 12.1 Å². The molecule has 0 saturated carbocycles. The molecule has 0 aliphatic carbocycles. The van der Waals surface area contributed by atoms with Gasteiger partial charge in [-0.2, -0.15) is 13.2 Å².